The molecule has 0 spiro atoms. The minimum atomic E-state index is -0.754. The van der Waals surface area contributed by atoms with Crippen LogP contribution >= 0.6 is 0 Å². The molecular weight excluding hydrogens is 423 g/mol. The molecule has 7 nitrogen and oxygen atoms in total. The van der Waals surface area contributed by atoms with E-state index in [2.05, 4.69) is 11.5 Å². The Morgan fingerprint density at radius 2 is 1.82 bits per heavy atom. The number of halogens is 1. The van der Waals surface area contributed by atoms with Gasteiger partial charge in [-0.1, -0.05) is 26.0 Å². The number of benzene rings is 2. The van der Waals surface area contributed by atoms with Gasteiger partial charge < -0.3 is 10.8 Å². The summed E-state index contributed by atoms with van der Waals surface area (Å²) in [4.78, 5) is 26.3. The van der Waals surface area contributed by atoms with Crippen molar-refractivity contribution in [3.05, 3.63) is 88.1 Å². The van der Waals surface area contributed by atoms with Crippen molar-refractivity contribution in [2.75, 3.05) is 0 Å². The number of ketones is 1. The number of nitrogens with one attached hydrogen (secondary N) is 1. The highest BCUT2D eigenvalue weighted by atomic mass is 19.1. The van der Waals surface area contributed by atoms with Crippen molar-refractivity contribution in [3.63, 3.8) is 0 Å². The molecule has 1 aliphatic heterocycles. The first-order chi connectivity index (χ1) is 15.6. The summed E-state index contributed by atoms with van der Waals surface area (Å²) in [5.41, 5.74) is 10.5. The quantitative estimate of drug-likeness (QED) is 0.663. The number of carbonyl (C=O) groups excluding carboxylic acids is 2. The summed E-state index contributed by atoms with van der Waals surface area (Å²) >= 11 is 0. The number of amides is 1. The van der Waals surface area contributed by atoms with Crippen molar-refractivity contribution in [3.8, 4) is 11.8 Å². The Balaban J connectivity index is 1.84. The number of hydrazine groups is 1. The van der Waals surface area contributed by atoms with Crippen LogP contribution in [-0.2, 0) is 4.79 Å². The van der Waals surface area contributed by atoms with E-state index in [4.69, 9.17) is 5.73 Å². The summed E-state index contributed by atoms with van der Waals surface area (Å²) in [5.74, 6) is -1.84. The van der Waals surface area contributed by atoms with E-state index < -0.39 is 23.1 Å². The van der Waals surface area contributed by atoms with Gasteiger partial charge in [-0.2, -0.15) is 5.26 Å². The molecule has 168 valence electrons. The van der Waals surface area contributed by atoms with Crippen LogP contribution in [0.15, 0.2) is 71.2 Å². The smallest absolute Gasteiger partial charge is 0.270 e. The van der Waals surface area contributed by atoms with E-state index in [0.717, 1.165) is 0 Å². The highest BCUT2D eigenvalue weighted by Gasteiger charge is 2.44. The number of nitrogens with two attached hydrogens (primary N) is 1. The third-order valence-corrected chi connectivity index (χ3v) is 5.93. The number of nitriles is 1. The summed E-state index contributed by atoms with van der Waals surface area (Å²) < 4.78 is 13.6. The number of nitrogens with zero attached hydrogens (tertiary/aromatic N) is 2. The predicted octanol–water partition coefficient (Wildman–Crippen LogP) is 3.61. The topological polar surface area (TPSA) is 119 Å². The monoisotopic (exact) mass is 446 g/mol. The maximum atomic E-state index is 13.6. The summed E-state index contributed by atoms with van der Waals surface area (Å²) in [5, 5.41) is 20.8. The molecule has 1 amide bonds. The fourth-order valence-electron chi connectivity index (χ4n) is 4.40. The second kappa shape index (κ2) is 8.10. The molecule has 0 bridgehead atoms. The highest BCUT2D eigenvalue weighted by Crippen LogP contribution is 2.48. The molecule has 33 heavy (non-hydrogen) atoms. The normalized spacial score (nSPS) is 19.8. The van der Waals surface area contributed by atoms with Gasteiger partial charge in [0.25, 0.3) is 5.91 Å². The Bertz CT molecular complexity index is 1240. The Morgan fingerprint density at radius 1 is 1.18 bits per heavy atom. The molecule has 0 aromatic heterocycles. The van der Waals surface area contributed by atoms with E-state index in [-0.39, 0.29) is 34.9 Å². The zero-order valence-electron chi connectivity index (χ0n) is 18.2. The van der Waals surface area contributed by atoms with Gasteiger partial charge in [-0.3, -0.25) is 15.0 Å². The van der Waals surface area contributed by atoms with E-state index in [9.17, 15) is 24.3 Å². The molecule has 1 aliphatic carbocycles. The SMILES string of the molecule is CC1(C)CC(=O)C2=C(C1)N(NC(=O)c1ccc(O)cc1)C(N)=C(C#N)C2c1ccc(F)cc1. The van der Waals surface area contributed by atoms with E-state index in [0.29, 0.717) is 23.3 Å². The van der Waals surface area contributed by atoms with Gasteiger partial charge in [0, 0.05) is 17.6 Å². The fourth-order valence-corrected chi connectivity index (χ4v) is 4.40. The Morgan fingerprint density at radius 3 is 2.42 bits per heavy atom. The third kappa shape index (κ3) is 4.05. The van der Waals surface area contributed by atoms with Crippen molar-refractivity contribution in [1.82, 2.24) is 10.4 Å². The summed E-state index contributed by atoms with van der Waals surface area (Å²) in [6, 6.07) is 13.4. The summed E-state index contributed by atoms with van der Waals surface area (Å²) in [6.07, 6.45) is 0.697. The number of allylic oxidation sites excluding steroid dienone is 3. The first-order valence-electron chi connectivity index (χ1n) is 10.4. The number of rotatable bonds is 3. The molecule has 8 heteroatoms. The van der Waals surface area contributed by atoms with Crippen LogP contribution in [0.5, 0.6) is 5.75 Å². The molecule has 1 heterocycles. The Labute approximate surface area is 190 Å². The van der Waals surface area contributed by atoms with Crippen molar-refractivity contribution in [1.29, 1.82) is 5.26 Å². The standard InChI is InChI=1S/C25H23FN4O3/c1-25(2)11-19-22(20(32)12-25)21(14-3-7-16(26)8-4-14)18(13-27)23(28)30(19)29-24(33)15-5-9-17(31)10-6-15/h3-10,21,31H,11-12,28H2,1-2H3,(H,29,33). The lowest BCUT2D eigenvalue weighted by atomic mass is 9.69. The lowest BCUT2D eigenvalue weighted by molar-refractivity contribution is -0.118. The van der Waals surface area contributed by atoms with E-state index in [1.807, 2.05) is 13.8 Å². The molecule has 4 N–H and O–H groups in total. The van der Waals surface area contributed by atoms with E-state index in [1.165, 1.54) is 53.5 Å². The highest BCUT2D eigenvalue weighted by molar-refractivity contribution is 6.01. The minimum Gasteiger partial charge on any atom is -0.508 e. The van der Waals surface area contributed by atoms with Gasteiger partial charge in [-0.15, -0.1) is 0 Å². The molecule has 0 saturated carbocycles. The molecule has 4 rings (SSSR count). The average molecular weight is 446 g/mol. The zero-order valence-corrected chi connectivity index (χ0v) is 18.2. The number of phenolic OH excluding ortho intramolecular Hbond substituents is 1. The van der Waals surface area contributed by atoms with Crippen LogP contribution in [0.3, 0.4) is 0 Å². The average Bonchev–Trinajstić information content (AvgIpc) is 2.75. The first kappa shape index (κ1) is 22.1. The molecule has 0 radical (unpaired) electrons. The maximum Gasteiger partial charge on any atom is 0.270 e. The third-order valence-electron chi connectivity index (χ3n) is 5.93. The van der Waals surface area contributed by atoms with Crippen LogP contribution in [0, 0.1) is 22.6 Å². The van der Waals surface area contributed by atoms with Gasteiger partial charge in [0.15, 0.2) is 5.78 Å². The largest absolute Gasteiger partial charge is 0.508 e. The van der Waals surface area contributed by atoms with Crippen molar-refractivity contribution in [2.24, 2.45) is 11.1 Å². The van der Waals surface area contributed by atoms with Crippen LogP contribution < -0.4 is 11.2 Å². The van der Waals surface area contributed by atoms with Crippen LogP contribution in [0.4, 0.5) is 4.39 Å². The molecule has 0 saturated heterocycles. The first-order valence-corrected chi connectivity index (χ1v) is 10.4. The van der Waals surface area contributed by atoms with E-state index in [1.54, 1.807) is 0 Å². The zero-order chi connectivity index (χ0) is 23.9. The molecular formula is C25H23FN4O3. The van der Waals surface area contributed by atoms with Gasteiger partial charge >= 0.3 is 0 Å². The van der Waals surface area contributed by atoms with E-state index >= 15 is 0 Å². The second-order valence-corrected chi connectivity index (χ2v) is 9.02. The van der Waals surface area contributed by atoms with Gasteiger partial charge in [0.1, 0.15) is 17.4 Å². The second-order valence-electron chi connectivity index (χ2n) is 9.02. The van der Waals surface area contributed by atoms with Crippen molar-refractivity contribution < 1.29 is 19.1 Å². The maximum absolute atomic E-state index is 13.6. The lowest BCUT2D eigenvalue weighted by Crippen LogP contribution is -2.49. The molecule has 0 fully saturated rings. The van der Waals surface area contributed by atoms with Crippen LogP contribution in [0.1, 0.15) is 48.5 Å². The van der Waals surface area contributed by atoms with Gasteiger partial charge in [0.2, 0.25) is 0 Å². The Hall–Kier alpha value is -4.12. The number of hydrogen-bond donors (Lipinski definition) is 3. The minimum absolute atomic E-state index is 0.00297. The molecule has 1 unspecified atom stereocenters. The summed E-state index contributed by atoms with van der Waals surface area (Å²) in [7, 11) is 0. The molecule has 2 aromatic carbocycles. The van der Waals surface area contributed by atoms with Crippen LogP contribution in [-0.4, -0.2) is 21.8 Å². The van der Waals surface area contributed by atoms with Crippen molar-refractivity contribution in [2.45, 2.75) is 32.6 Å². The number of aromatic hydroxyl groups is 1. The summed E-state index contributed by atoms with van der Waals surface area (Å²) in [6.45, 7) is 3.89. The van der Waals surface area contributed by atoms with Crippen LogP contribution in [0.25, 0.3) is 0 Å². The lowest BCUT2D eigenvalue weighted by Gasteiger charge is -2.43. The number of Topliss-reactive ketones (excluding diaryl/α,β-unsaturated/α-hetero) is 1. The van der Waals surface area contributed by atoms with Gasteiger partial charge in [-0.05, 0) is 53.8 Å². The molecule has 2 aromatic rings. The van der Waals surface area contributed by atoms with Gasteiger partial charge in [0.05, 0.1) is 23.3 Å². The fraction of sp³-hybridized carbons (Fsp3) is 0.240. The Kier molecular flexibility index (Phi) is 5.42. The van der Waals surface area contributed by atoms with Crippen molar-refractivity contribution >= 4 is 11.7 Å². The number of hydrogen-bond acceptors (Lipinski definition) is 6. The predicted molar refractivity (Wildman–Crippen MR) is 118 cm³/mol. The number of carbonyl (C=O) groups is 2. The van der Waals surface area contributed by atoms with Gasteiger partial charge in [-0.25, -0.2) is 9.40 Å². The molecule has 2 aliphatic rings. The van der Waals surface area contributed by atoms with Crippen LogP contribution in [0.2, 0.25) is 0 Å². The number of phenols is 1. The molecule has 1 atom stereocenters.